The van der Waals surface area contributed by atoms with Gasteiger partial charge in [0, 0.05) is 31.0 Å². The van der Waals surface area contributed by atoms with Gasteiger partial charge in [-0.05, 0) is 19.4 Å². The van der Waals surface area contributed by atoms with E-state index >= 15 is 0 Å². The summed E-state index contributed by atoms with van der Waals surface area (Å²) in [6.45, 7) is 2.16. The molecule has 3 rings (SSSR count). The Morgan fingerprint density at radius 1 is 1.32 bits per heavy atom. The van der Waals surface area contributed by atoms with E-state index in [1.165, 1.54) is 30.0 Å². The maximum absolute atomic E-state index is 14.3. The van der Waals surface area contributed by atoms with E-state index in [1.807, 2.05) is 4.57 Å². The first-order chi connectivity index (χ1) is 12.0. The molecule has 1 amide bonds. The molecule has 7 heteroatoms. The number of aryl methyl sites for hydroxylation is 1. The Bertz CT molecular complexity index is 830. The molecule has 1 N–H and O–H groups in total. The number of ketones is 1. The number of aliphatic hydroxyl groups is 1. The van der Waals surface area contributed by atoms with Crippen LogP contribution in [0.4, 0.5) is 4.39 Å². The molecule has 25 heavy (non-hydrogen) atoms. The fraction of sp³-hybridized carbons (Fsp3) is 0.278. The van der Waals surface area contributed by atoms with Crippen LogP contribution in [-0.4, -0.2) is 37.8 Å². The van der Waals surface area contributed by atoms with E-state index in [0.29, 0.717) is 13.0 Å². The van der Waals surface area contributed by atoms with Crippen LogP contribution in [0.2, 0.25) is 0 Å². The van der Waals surface area contributed by atoms with E-state index in [9.17, 15) is 19.1 Å². The Morgan fingerprint density at radius 2 is 2.08 bits per heavy atom. The zero-order valence-corrected chi connectivity index (χ0v) is 13.7. The van der Waals surface area contributed by atoms with Gasteiger partial charge in [-0.3, -0.25) is 9.59 Å². The molecule has 0 unspecified atom stereocenters. The molecule has 1 atom stereocenters. The highest BCUT2D eigenvalue weighted by atomic mass is 19.1. The first-order valence-corrected chi connectivity index (χ1v) is 7.96. The number of rotatable bonds is 6. The van der Waals surface area contributed by atoms with Gasteiger partial charge >= 0.3 is 0 Å². The number of aliphatic hydroxyl groups excluding tert-OH is 1. The minimum Gasteiger partial charge on any atom is -0.503 e. The Balaban J connectivity index is 1.88. The van der Waals surface area contributed by atoms with Crippen LogP contribution in [0.3, 0.4) is 0 Å². The van der Waals surface area contributed by atoms with Crippen molar-refractivity contribution in [3.05, 3.63) is 65.7 Å². The molecule has 1 aromatic carbocycles. The minimum absolute atomic E-state index is 0.0577. The topological polar surface area (TPSA) is 75.4 Å². The smallest absolute Gasteiger partial charge is 0.290 e. The number of benzene rings is 1. The summed E-state index contributed by atoms with van der Waals surface area (Å²) in [5.41, 5.74) is 0.144. The van der Waals surface area contributed by atoms with Crippen LogP contribution < -0.4 is 0 Å². The SMILES string of the molecule is CC(=O)C1=C(O)C(=O)N(CCCn2ccnc2)[C@H]1c1ccccc1F. The summed E-state index contributed by atoms with van der Waals surface area (Å²) in [6, 6.07) is 5.07. The third kappa shape index (κ3) is 3.17. The van der Waals surface area contributed by atoms with Crippen molar-refractivity contribution in [3.63, 3.8) is 0 Å². The van der Waals surface area contributed by atoms with Gasteiger partial charge in [0.15, 0.2) is 11.5 Å². The van der Waals surface area contributed by atoms with Crippen molar-refractivity contribution >= 4 is 11.7 Å². The monoisotopic (exact) mass is 343 g/mol. The van der Waals surface area contributed by atoms with Gasteiger partial charge < -0.3 is 14.6 Å². The van der Waals surface area contributed by atoms with Crippen LogP contribution >= 0.6 is 0 Å². The maximum Gasteiger partial charge on any atom is 0.290 e. The molecule has 1 aliphatic rings. The van der Waals surface area contributed by atoms with Crippen molar-refractivity contribution < 1.29 is 19.1 Å². The molecule has 0 radical (unpaired) electrons. The number of hydrogen-bond acceptors (Lipinski definition) is 4. The van der Waals surface area contributed by atoms with Crippen LogP contribution in [0.1, 0.15) is 24.9 Å². The second-order valence-corrected chi connectivity index (χ2v) is 5.90. The van der Waals surface area contributed by atoms with Crippen molar-refractivity contribution in [2.24, 2.45) is 0 Å². The van der Waals surface area contributed by atoms with E-state index in [0.717, 1.165) is 0 Å². The van der Waals surface area contributed by atoms with Crippen molar-refractivity contribution in [1.82, 2.24) is 14.5 Å². The summed E-state index contributed by atoms with van der Waals surface area (Å²) in [4.78, 5) is 29.7. The van der Waals surface area contributed by atoms with Gasteiger partial charge in [-0.25, -0.2) is 9.37 Å². The first kappa shape index (κ1) is 16.9. The molecule has 6 nitrogen and oxygen atoms in total. The number of amides is 1. The van der Waals surface area contributed by atoms with Crippen molar-refractivity contribution in [2.75, 3.05) is 6.54 Å². The normalized spacial score (nSPS) is 17.4. The fourth-order valence-electron chi connectivity index (χ4n) is 3.11. The summed E-state index contributed by atoms with van der Waals surface area (Å²) >= 11 is 0. The standard InChI is InChI=1S/C18H18FN3O3/c1-12(23)15-16(13-5-2-3-6-14(13)19)22(18(25)17(15)24)9-4-8-21-10-7-20-11-21/h2-3,5-7,10-11,16,24H,4,8-9H2,1H3/t16-/m0/s1. The van der Waals surface area contributed by atoms with Crippen molar-refractivity contribution in [1.29, 1.82) is 0 Å². The lowest BCUT2D eigenvalue weighted by Gasteiger charge is -2.27. The summed E-state index contributed by atoms with van der Waals surface area (Å²) in [5, 5.41) is 10.1. The van der Waals surface area contributed by atoms with E-state index in [1.54, 1.807) is 24.8 Å². The van der Waals surface area contributed by atoms with Gasteiger partial charge in [0.25, 0.3) is 5.91 Å². The Morgan fingerprint density at radius 3 is 2.72 bits per heavy atom. The van der Waals surface area contributed by atoms with Crippen LogP contribution in [0.25, 0.3) is 0 Å². The van der Waals surface area contributed by atoms with Gasteiger partial charge in [0.1, 0.15) is 5.82 Å². The summed E-state index contributed by atoms with van der Waals surface area (Å²) in [7, 11) is 0. The molecule has 130 valence electrons. The van der Waals surface area contributed by atoms with Crippen LogP contribution in [0, 0.1) is 5.82 Å². The molecule has 2 heterocycles. The Kier molecular flexibility index (Phi) is 4.65. The van der Waals surface area contributed by atoms with Crippen LogP contribution in [0.5, 0.6) is 0 Å². The van der Waals surface area contributed by atoms with Gasteiger partial charge in [-0.15, -0.1) is 0 Å². The molecule has 2 aromatic rings. The number of Topliss-reactive ketones (excluding diaryl/α,β-unsaturated/α-hetero) is 1. The number of carbonyl (C=O) groups excluding carboxylic acids is 2. The van der Waals surface area contributed by atoms with E-state index < -0.39 is 29.3 Å². The molecule has 0 bridgehead atoms. The summed E-state index contributed by atoms with van der Waals surface area (Å²) in [6.07, 6.45) is 5.70. The van der Waals surface area contributed by atoms with Crippen molar-refractivity contribution in [3.8, 4) is 0 Å². The lowest BCUT2D eigenvalue weighted by atomic mass is 9.96. The lowest BCUT2D eigenvalue weighted by Crippen LogP contribution is -2.32. The Hall–Kier alpha value is -2.96. The fourth-order valence-corrected chi connectivity index (χ4v) is 3.11. The number of halogens is 1. The predicted molar refractivity (Wildman–Crippen MR) is 88.0 cm³/mol. The molecular formula is C18H18FN3O3. The predicted octanol–water partition coefficient (Wildman–Crippen LogP) is 2.40. The van der Waals surface area contributed by atoms with Gasteiger partial charge in [-0.1, -0.05) is 18.2 Å². The second-order valence-electron chi connectivity index (χ2n) is 5.90. The van der Waals surface area contributed by atoms with Crippen molar-refractivity contribution in [2.45, 2.75) is 25.9 Å². The molecule has 0 saturated carbocycles. The number of aromatic nitrogens is 2. The summed E-state index contributed by atoms with van der Waals surface area (Å²) < 4.78 is 16.1. The van der Waals surface area contributed by atoms with E-state index in [2.05, 4.69) is 4.98 Å². The quantitative estimate of drug-likeness (QED) is 0.874. The maximum atomic E-state index is 14.3. The molecule has 0 fully saturated rings. The highest BCUT2D eigenvalue weighted by Crippen LogP contribution is 2.38. The van der Waals surface area contributed by atoms with E-state index in [-0.39, 0.29) is 17.7 Å². The van der Waals surface area contributed by atoms with Gasteiger partial charge in [-0.2, -0.15) is 0 Å². The zero-order valence-electron chi connectivity index (χ0n) is 13.7. The highest BCUT2D eigenvalue weighted by molar-refractivity contribution is 6.08. The third-order valence-corrected chi connectivity index (χ3v) is 4.26. The third-order valence-electron chi connectivity index (χ3n) is 4.26. The molecule has 1 aromatic heterocycles. The minimum atomic E-state index is -0.908. The average molecular weight is 343 g/mol. The highest BCUT2D eigenvalue weighted by Gasteiger charge is 2.42. The number of imidazole rings is 1. The van der Waals surface area contributed by atoms with E-state index in [4.69, 9.17) is 0 Å². The average Bonchev–Trinajstić information content (AvgIpc) is 3.17. The van der Waals surface area contributed by atoms with Gasteiger partial charge in [0.2, 0.25) is 0 Å². The van der Waals surface area contributed by atoms with Gasteiger partial charge in [0.05, 0.1) is 17.9 Å². The molecule has 0 spiro atoms. The molecule has 1 aliphatic heterocycles. The molecule has 0 aliphatic carbocycles. The number of nitrogens with zero attached hydrogens (tertiary/aromatic N) is 3. The molecular weight excluding hydrogens is 325 g/mol. The first-order valence-electron chi connectivity index (χ1n) is 7.96. The lowest BCUT2D eigenvalue weighted by molar-refractivity contribution is -0.129. The van der Waals surface area contributed by atoms with Crippen LogP contribution in [0.15, 0.2) is 54.3 Å². The largest absolute Gasteiger partial charge is 0.503 e. The second kappa shape index (κ2) is 6.88. The zero-order chi connectivity index (χ0) is 18.0. The molecule has 0 saturated heterocycles. The summed E-state index contributed by atoms with van der Waals surface area (Å²) in [5.74, 6) is -2.21. The van der Waals surface area contributed by atoms with Crippen LogP contribution in [-0.2, 0) is 16.1 Å². The number of carbonyl (C=O) groups is 2. The Labute approximate surface area is 144 Å². The number of hydrogen-bond donors (Lipinski definition) is 1.